The molecule has 1 aromatic carbocycles. The van der Waals surface area contributed by atoms with Crippen molar-refractivity contribution in [2.24, 2.45) is 5.92 Å². The first-order valence-electron chi connectivity index (χ1n) is 4.03. The van der Waals surface area contributed by atoms with Gasteiger partial charge in [0.15, 0.2) is 0 Å². The Morgan fingerprint density at radius 1 is 1.46 bits per heavy atom. The molecule has 0 fully saturated rings. The van der Waals surface area contributed by atoms with Crippen LogP contribution < -0.4 is 0 Å². The molecular weight excluding hydrogens is 296 g/mol. The molecule has 1 atom stereocenters. The summed E-state index contributed by atoms with van der Waals surface area (Å²) in [6.07, 6.45) is 1.76. The summed E-state index contributed by atoms with van der Waals surface area (Å²) in [5.74, 6) is 0.0746. The number of hydrogen-bond acceptors (Lipinski definition) is 1. The topological polar surface area (TPSA) is 17.1 Å². The molecule has 70 valence electrons. The van der Waals surface area contributed by atoms with Crippen molar-refractivity contribution < 1.29 is 4.79 Å². The molecule has 0 aromatic heterocycles. The first-order valence-corrected chi connectivity index (χ1v) is 5.62. The van der Waals surface area contributed by atoms with E-state index in [4.69, 9.17) is 0 Å². The smallest absolute Gasteiger partial charge is 0.123 e. The summed E-state index contributed by atoms with van der Waals surface area (Å²) in [4.78, 5) is 10.5. The van der Waals surface area contributed by atoms with Gasteiger partial charge in [0.2, 0.25) is 0 Å². The second kappa shape index (κ2) is 4.91. The molecule has 0 aliphatic carbocycles. The van der Waals surface area contributed by atoms with Crippen molar-refractivity contribution in [2.75, 3.05) is 0 Å². The summed E-state index contributed by atoms with van der Waals surface area (Å²) in [5.41, 5.74) is 1.16. The number of carbonyl (C=O) groups excluding carboxylic acids is 1. The van der Waals surface area contributed by atoms with Crippen LogP contribution in [0.15, 0.2) is 27.1 Å². The second-order valence-corrected chi connectivity index (χ2v) is 4.68. The third-order valence-electron chi connectivity index (χ3n) is 1.81. The minimum atomic E-state index is 0.0746. The molecule has 0 N–H and O–H groups in total. The van der Waals surface area contributed by atoms with Gasteiger partial charge in [-0.25, -0.2) is 0 Å². The van der Waals surface area contributed by atoms with Crippen molar-refractivity contribution in [1.82, 2.24) is 0 Å². The zero-order valence-corrected chi connectivity index (χ0v) is 10.4. The number of carbonyl (C=O) groups is 1. The first-order chi connectivity index (χ1) is 6.15. The summed E-state index contributed by atoms with van der Waals surface area (Å²) >= 11 is 6.90. The van der Waals surface area contributed by atoms with Gasteiger partial charge >= 0.3 is 0 Å². The molecule has 0 spiro atoms. The van der Waals surface area contributed by atoms with Gasteiger partial charge < -0.3 is 4.79 Å². The Hall–Kier alpha value is -0.150. The molecule has 0 aliphatic rings. The van der Waals surface area contributed by atoms with Gasteiger partial charge in [-0.3, -0.25) is 0 Å². The molecule has 0 radical (unpaired) electrons. The third kappa shape index (κ3) is 2.92. The van der Waals surface area contributed by atoms with E-state index in [1.54, 1.807) is 0 Å². The van der Waals surface area contributed by atoms with Gasteiger partial charge in [0.25, 0.3) is 0 Å². The molecule has 13 heavy (non-hydrogen) atoms. The highest BCUT2D eigenvalue weighted by atomic mass is 79.9. The SMILES string of the molecule is CC(C=O)Cc1cccc(Br)c1Br. The van der Waals surface area contributed by atoms with E-state index in [1.807, 2.05) is 25.1 Å². The van der Waals surface area contributed by atoms with Crippen LogP contribution in [0, 0.1) is 5.92 Å². The summed E-state index contributed by atoms with van der Waals surface area (Å²) in [6.45, 7) is 1.92. The number of benzene rings is 1. The third-order valence-corrected chi connectivity index (χ3v) is 3.94. The van der Waals surface area contributed by atoms with Crippen molar-refractivity contribution in [2.45, 2.75) is 13.3 Å². The normalized spacial score (nSPS) is 12.5. The summed E-state index contributed by atoms with van der Waals surface area (Å²) < 4.78 is 2.08. The zero-order chi connectivity index (χ0) is 9.84. The molecular formula is C10H10Br2O. The van der Waals surface area contributed by atoms with E-state index in [9.17, 15) is 4.79 Å². The van der Waals surface area contributed by atoms with Crippen molar-refractivity contribution in [3.8, 4) is 0 Å². The maximum atomic E-state index is 10.5. The van der Waals surface area contributed by atoms with Crippen LogP contribution in [-0.2, 0) is 11.2 Å². The molecule has 3 heteroatoms. The van der Waals surface area contributed by atoms with Gasteiger partial charge in [0.1, 0.15) is 6.29 Å². The van der Waals surface area contributed by atoms with E-state index in [-0.39, 0.29) is 5.92 Å². The standard InChI is InChI=1S/C10H10Br2O/c1-7(6-13)5-8-3-2-4-9(11)10(8)12/h2-4,6-7H,5H2,1H3. The van der Waals surface area contributed by atoms with Gasteiger partial charge in [-0.15, -0.1) is 0 Å². The molecule has 0 saturated heterocycles. The van der Waals surface area contributed by atoms with Gasteiger partial charge in [0, 0.05) is 14.9 Å². The Balaban J connectivity index is 2.88. The van der Waals surface area contributed by atoms with Gasteiger partial charge in [0.05, 0.1) is 0 Å². The fraction of sp³-hybridized carbons (Fsp3) is 0.300. The molecule has 0 bridgehead atoms. The van der Waals surface area contributed by atoms with E-state index in [2.05, 4.69) is 31.9 Å². The Labute approximate surface area is 94.8 Å². The largest absolute Gasteiger partial charge is 0.303 e. The number of rotatable bonds is 3. The van der Waals surface area contributed by atoms with E-state index in [0.29, 0.717) is 0 Å². The van der Waals surface area contributed by atoms with Crippen LogP contribution in [-0.4, -0.2) is 6.29 Å². The van der Waals surface area contributed by atoms with Crippen LogP contribution >= 0.6 is 31.9 Å². The van der Waals surface area contributed by atoms with E-state index in [1.165, 1.54) is 0 Å². The molecule has 1 nitrogen and oxygen atoms in total. The van der Waals surface area contributed by atoms with Crippen LogP contribution in [0.4, 0.5) is 0 Å². The lowest BCUT2D eigenvalue weighted by atomic mass is 10.0. The molecule has 0 amide bonds. The monoisotopic (exact) mass is 304 g/mol. The van der Waals surface area contributed by atoms with Crippen LogP contribution in [0.1, 0.15) is 12.5 Å². The van der Waals surface area contributed by atoms with E-state index >= 15 is 0 Å². The van der Waals surface area contributed by atoms with Crippen molar-refractivity contribution >= 4 is 38.1 Å². The maximum Gasteiger partial charge on any atom is 0.123 e. The molecule has 0 aliphatic heterocycles. The van der Waals surface area contributed by atoms with Crippen LogP contribution in [0.5, 0.6) is 0 Å². The average molecular weight is 306 g/mol. The van der Waals surface area contributed by atoms with Crippen LogP contribution in [0.25, 0.3) is 0 Å². The van der Waals surface area contributed by atoms with Crippen LogP contribution in [0.2, 0.25) is 0 Å². The van der Waals surface area contributed by atoms with Crippen LogP contribution in [0.3, 0.4) is 0 Å². The molecule has 1 aromatic rings. The summed E-state index contributed by atoms with van der Waals surface area (Å²) in [7, 11) is 0. The van der Waals surface area contributed by atoms with Crippen molar-refractivity contribution in [3.05, 3.63) is 32.7 Å². The molecule has 1 rings (SSSR count). The fourth-order valence-electron chi connectivity index (χ4n) is 1.10. The number of aldehydes is 1. The van der Waals surface area contributed by atoms with Crippen molar-refractivity contribution in [3.63, 3.8) is 0 Å². The van der Waals surface area contributed by atoms with E-state index in [0.717, 1.165) is 27.2 Å². The number of halogens is 2. The molecule has 1 unspecified atom stereocenters. The minimum absolute atomic E-state index is 0.0746. The predicted molar refractivity (Wildman–Crippen MR) is 60.8 cm³/mol. The zero-order valence-electron chi connectivity index (χ0n) is 7.26. The lowest BCUT2D eigenvalue weighted by molar-refractivity contribution is -0.110. The van der Waals surface area contributed by atoms with E-state index < -0.39 is 0 Å². The highest BCUT2D eigenvalue weighted by Gasteiger charge is 2.07. The fourth-order valence-corrected chi connectivity index (χ4v) is 1.93. The Kier molecular flexibility index (Phi) is 4.13. The highest BCUT2D eigenvalue weighted by Crippen LogP contribution is 2.27. The second-order valence-electron chi connectivity index (χ2n) is 3.03. The Bertz CT molecular complexity index is 310. The lowest BCUT2D eigenvalue weighted by Crippen LogP contribution is -2.01. The van der Waals surface area contributed by atoms with Gasteiger partial charge in [-0.1, -0.05) is 19.1 Å². The maximum absolute atomic E-state index is 10.5. The average Bonchev–Trinajstić information content (AvgIpc) is 2.13. The van der Waals surface area contributed by atoms with Crippen molar-refractivity contribution in [1.29, 1.82) is 0 Å². The summed E-state index contributed by atoms with van der Waals surface area (Å²) in [6, 6.07) is 5.97. The summed E-state index contributed by atoms with van der Waals surface area (Å²) in [5, 5.41) is 0. The molecule has 0 saturated carbocycles. The lowest BCUT2D eigenvalue weighted by Gasteiger charge is -2.07. The first kappa shape index (κ1) is 10.9. The van der Waals surface area contributed by atoms with Gasteiger partial charge in [-0.2, -0.15) is 0 Å². The number of hydrogen-bond donors (Lipinski definition) is 0. The van der Waals surface area contributed by atoms with Gasteiger partial charge in [-0.05, 0) is 49.9 Å². The Morgan fingerprint density at radius 2 is 2.15 bits per heavy atom. The highest BCUT2D eigenvalue weighted by molar-refractivity contribution is 9.13. The molecule has 0 heterocycles. The predicted octanol–water partition coefficient (Wildman–Crippen LogP) is 3.59. The Morgan fingerprint density at radius 3 is 2.77 bits per heavy atom. The minimum Gasteiger partial charge on any atom is -0.303 e. The quantitative estimate of drug-likeness (QED) is 0.780.